The summed E-state index contributed by atoms with van der Waals surface area (Å²) in [5, 5.41) is 0. The Hall–Kier alpha value is -1.09. The molecule has 0 amide bonds. The highest BCUT2D eigenvalue weighted by molar-refractivity contribution is 5.24. The van der Waals surface area contributed by atoms with Crippen LogP contribution in [-0.4, -0.2) is 43.5 Å². The summed E-state index contributed by atoms with van der Waals surface area (Å²) in [7, 11) is 6.22. The van der Waals surface area contributed by atoms with Gasteiger partial charge in [-0.1, -0.05) is 19.2 Å². The van der Waals surface area contributed by atoms with Gasteiger partial charge in [-0.3, -0.25) is 0 Å². The average Bonchev–Trinajstić information content (AvgIpc) is 2.36. The van der Waals surface area contributed by atoms with Gasteiger partial charge >= 0.3 is 0 Å². The van der Waals surface area contributed by atoms with Crippen LogP contribution < -0.4 is 0 Å². The summed E-state index contributed by atoms with van der Waals surface area (Å²) in [6.45, 7) is 7.91. The lowest BCUT2D eigenvalue weighted by atomic mass is 9.85. The second-order valence-electron chi connectivity index (χ2n) is 5.71. The summed E-state index contributed by atoms with van der Waals surface area (Å²) in [5.74, 6) is 0.262. The Balaban J connectivity index is 2.50. The van der Waals surface area contributed by atoms with E-state index in [2.05, 4.69) is 32.2 Å². The first-order chi connectivity index (χ1) is 8.95. The van der Waals surface area contributed by atoms with E-state index in [0.717, 1.165) is 6.54 Å². The Bertz CT molecular complexity index is 339. The fourth-order valence-electron chi connectivity index (χ4n) is 2.87. The molecule has 2 nitrogen and oxygen atoms in total. The van der Waals surface area contributed by atoms with E-state index in [9.17, 15) is 4.39 Å². The minimum absolute atomic E-state index is 0.385. The van der Waals surface area contributed by atoms with Gasteiger partial charge in [-0.05, 0) is 51.8 Å². The molecule has 1 saturated carbocycles. The van der Waals surface area contributed by atoms with Gasteiger partial charge in [-0.25, -0.2) is 4.39 Å². The van der Waals surface area contributed by atoms with Crippen molar-refractivity contribution in [3.63, 3.8) is 0 Å². The molecule has 0 saturated heterocycles. The molecule has 19 heavy (non-hydrogen) atoms. The first kappa shape index (κ1) is 16.0. The van der Waals surface area contributed by atoms with Gasteiger partial charge in [-0.15, -0.1) is 0 Å². The van der Waals surface area contributed by atoms with Gasteiger partial charge in [0.05, 0.1) is 5.70 Å². The molecule has 0 unspecified atom stereocenters. The van der Waals surface area contributed by atoms with Crippen molar-refractivity contribution in [1.29, 1.82) is 0 Å². The molecule has 1 fully saturated rings. The Morgan fingerprint density at radius 3 is 2.21 bits per heavy atom. The van der Waals surface area contributed by atoms with Gasteiger partial charge in [0.15, 0.2) is 0 Å². The topological polar surface area (TPSA) is 6.48 Å². The van der Waals surface area contributed by atoms with Crippen molar-refractivity contribution in [2.75, 3.05) is 27.7 Å². The van der Waals surface area contributed by atoms with Crippen molar-refractivity contribution in [3.8, 4) is 0 Å². The number of hydrogen-bond acceptors (Lipinski definition) is 2. The van der Waals surface area contributed by atoms with Crippen molar-refractivity contribution >= 4 is 0 Å². The molecule has 108 valence electrons. The number of hydrogen-bond donors (Lipinski definition) is 0. The van der Waals surface area contributed by atoms with E-state index in [4.69, 9.17) is 0 Å². The molecule has 1 aliphatic carbocycles. The number of nitrogens with zero attached hydrogens (tertiary/aromatic N) is 2. The minimum atomic E-state index is -0.385. The van der Waals surface area contributed by atoms with E-state index in [1.807, 2.05) is 11.9 Å². The van der Waals surface area contributed by atoms with Gasteiger partial charge in [0.2, 0.25) is 0 Å². The predicted molar refractivity (Wildman–Crippen MR) is 80.6 cm³/mol. The number of likely N-dealkylation sites (N-methyl/N-ethyl adjacent to an activating group) is 1. The van der Waals surface area contributed by atoms with Crippen LogP contribution in [0.1, 0.15) is 25.7 Å². The molecular weight excluding hydrogens is 239 g/mol. The smallest absolute Gasteiger partial charge is 0.139 e. The first-order valence-electron chi connectivity index (χ1n) is 7.00. The van der Waals surface area contributed by atoms with Gasteiger partial charge in [0, 0.05) is 19.6 Å². The quantitative estimate of drug-likeness (QED) is 0.678. The highest BCUT2D eigenvalue weighted by Gasteiger charge is 2.24. The molecule has 0 aromatic carbocycles. The van der Waals surface area contributed by atoms with E-state index in [0.29, 0.717) is 17.7 Å². The fourth-order valence-corrected chi connectivity index (χ4v) is 2.87. The van der Waals surface area contributed by atoms with Crippen molar-refractivity contribution < 1.29 is 4.39 Å². The Morgan fingerprint density at radius 2 is 1.79 bits per heavy atom. The zero-order valence-corrected chi connectivity index (χ0v) is 12.5. The lowest BCUT2D eigenvalue weighted by Gasteiger charge is -2.35. The molecule has 0 heterocycles. The molecule has 1 rings (SSSR count). The van der Waals surface area contributed by atoms with Crippen LogP contribution in [-0.2, 0) is 0 Å². The van der Waals surface area contributed by atoms with E-state index in [1.54, 1.807) is 12.2 Å². The maximum atomic E-state index is 13.4. The summed E-state index contributed by atoms with van der Waals surface area (Å²) in [6.07, 6.45) is 8.21. The van der Waals surface area contributed by atoms with Crippen molar-refractivity contribution in [1.82, 2.24) is 9.80 Å². The third-order valence-corrected chi connectivity index (χ3v) is 4.04. The van der Waals surface area contributed by atoms with Crippen LogP contribution in [0.4, 0.5) is 4.39 Å². The van der Waals surface area contributed by atoms with Crippen molar-refractivity contribution in [2.24, 2.45) is 5.92 Å². The Morgan fingerprint density at radius 1 is 1.21 bits per heavy atom. The molecule has 0 radical (unpaired) electrons. The minimum Gasteiger partial charge on any atom is -0.372 e. The highest BCUT2D eigenvalue weighted by atomic mass is 19.1. The van der Waals surface area contributed by atoms with Crippen LogP contribution in [0.5, 0.6) is 0 Å². The van der Waals surface area contributed by atoms with E-state index < -0.39 is 0 Å². The van der Waals surface area contributed by atoms with Gasteiger partial charge in [-0.2, -0.15) is 0 Å². The maximum absolute atomic E-state index is 13.4. The summed E-state index contributed by atoms with van der Waals surface area (Å²) < 4.78 is 13.4. The normalized spacial score (nSPS) is 24.4. The fraction of sp³-hybridized carbons (Fsp3) is 0.625. The maximum Gasteiger partial charge on any atom is 0.139 e. The first-order valence-corrected chi connectivity index (χ1v) is 7.00. The van der Waals surface area contributed by atoms with Crippen molar-refractivity contribution in [3.05, 3.63) is 36.8 Å². The lowest BCUT2D eigenvalue weighted by molar-refractivity contribution is 0.174. The molecule has 0 aliphatic heterocycles. The number of halogens is 1. The molecule has 0 aromatic rings. The second kappa shape index (κ2) is 7.49. The van der Waals surface area contributed by atoms with Crippen molar-refractivity contribution in [2.45, 2.75) is 31.7 Å². The van der Waals surface area contributed by atoms with E-state index in [1.165, 1.54) is 25.7 Å². The van der Waals surface area contributed by atoms with Gasteiger partial charge in [0.25, 0.3) is 0 Å². The zero-order valence-electron chi connectivity index (χ0n) is 12.5. The molecule has 0 atom stereocenters. The molecular formula is C16H27FN2. The van der Waals surface area contributed by atoms with Gasteiger partial charge in [0.1, 0.15) is 5.83 Å². The second-order valence-corrected chi connectivity index (χ2v) is 5.71. The molecule has 3 heteroatoms. The average molecular weight is 266 g/mol. The largest absolute Gasteiger partial charge is 0.372 e. The van der Waals surface area contributed by atoms with E-state index in [-0.39, 0.29) is 5.83 Å². The van der Waals surface area contributed by atoms with Crippen LogP contribution in [0, 0.1) is 5.92 Å². The van der Waals surface area contributed by atoms with Crippen LogP contribution in [0.2, 0.25) is 0 Å². The Kier molecular flexibility index (Phi) is 6.29. The Labute approximate surface area is 117 Å². The standard InChI is InChI=1S/C16H27FN2/c1-6-7-16(13(2)17)19(5)12-14-8-10-15(11-9-14)18(3)4/h6-7,14-15H,1-2,8-12H2,3-5H3. The number of allylic oxidation sites excluding steroid dienone is 3. The van der Waals surface area contributed by atoms with Crippen LogP contribution in [0.25, 0.3) is 0 Å². The summed E-state index contributed by atoms with van der Waals surface area (Å²) >= 11 is 0. The predicted octanol–water partition coefficient (Wildman–Crippen LogP) is 3.59. The molecule has 0 spiro atoms. The lowest BCUT2D eigenvalue weighted by Crippen LogP contribution is -2.35. The SMILES string of the molecule is C=CC=C(C(=C)F)N(C)CC1CCC(N(C)C)CC1. The molecule has 1 aliphatic rings. The third kappa shape index (κ3) is 4.83. The zero-order chi connectivity index (χ0) is 14.4. The molecule has 0 aromatic heterocycles. The summed E-state index contributed by atoms with van der Waals surface area (Å²) in [5.41, 5.74) is 0.546. The van der Waals surface area contributed by atoms with Crippen LogP contribution in [0.3, 0.4) is 0 Å². The monoisotopic (exact) mass is 266 g/mol. The summed E-state index contributed by atoms with van der Waals surface area (Å²) in [6, 6.07) is 0.709. The van der Waals surface area contributed by atoms with Crippen LogP contribution in [0.15, 0.2) is 36.8 Å². The van der Waals surface area contributed by atoms with Gasteiger partial charge < -0.3 is 9.80 Å². The molecule has 0 bridgehead atoms. The van der Waals surface area contributed by atoms with Crippen LogP contribution >= 0.6 is 0 Å². The number of rotatable bonds is 6. The van der Waals surface area contributed by atoms with E-state index >= 15 is 0 Å². The molecule has 0 N–H and O–H groups in total. The summed E-state index contributed by atoms with van der Waals surface area (Å²) in [4.78, 5) is 4.27. The highest BCUT2D eigenvalue weighted by Crippen LogP contribution is 2.28. The third-order valence-electron chi connectivity index (χ3n) is 4.04.